The molecule has 2 aromatic heterocycles. The lowest BCUT2D eigenvalue weighted by molar-refractivity contribution is 0.164. The van der Waals surface area contributed by atoms with E-state index in [1.54, 1.807) is 0 Å². The predicted octanol–water partition coefficient (Wildman–Crippen LogP) is 3.29. The zero-order valence-corrected chi connectivity index (χ0v) is 14.8. The first kappa shape index (κ1) is 17.1. The van der Waals surface area contributed by atoms with Crippen LogP contribution in [0, 0.1) is 0 Å². The molecule has 1 atom stereocenters. The Bertz CT molecular complexity index is 773. The van der Waals surface area contributed by atoms with Crippen LogP contribution in [0.5, 0.6) is 0 Å². The zero-order chi connectivity index (χ0) is 17.6. The molecule has 3 rings (SSSR count). The molecule has 0 spiro atoms. The monoisotopic (exact) mass is 337 g/mol. The molecule has 0 radical (unpaired) electrons. The van der Waals surface area contributed by atoms with E-state index in [1.165, 1.54) is 5.56 Å². The van der Waals surface area contributed by atoms with Crippen molar-refractivity contribution < 1.29 is 4.52 Å². The van der Waals surface area contributed by atoms with Crippen LogP contribution in [0.25, 0.3) is 0 Å². The summed E-state index contributed by atoms with van der Waals surface area (Å²) in [5.41, 5.74) is 2.25. The van der Waals surface area contributed by atoms with Gasteiger partial charge in [-0.2, -0.15) is 4.98 Å². The maximum absolute atomic E-state index is 5.42. The van der Waals surface area contributed by atoms with Gasteiger partial charge in [0.2, 0.25) is 5.89 Å². The first-order chi connectivity index (χ1) is 12.1. The van der Waals surface area contributed by atoms with Gasteiger partial charge in [-0.3, -0.25) is 9.88 Å². The highest BCUT2D eigenvalue weighted by Gasteiger charge is 2.20. The van der Waals surface area contributed by atoms with E-state index < -0.39 is 0 Å². The second-order valence-corrected chi connectivity index (χ2v) is 6.20. The van der Waals surface area contributed by atoms with Crippen LogP contribution in [0.3, 0.4) is 0 Å². The van der Waals surface area contributed by atoms with Gasteiger partial charge in [-0.1, -0.05) is 36.4 Å². The zero-order valence-electron chi connectivity index (χ0n) is 14.8. The Balaban J connectivity index is 1.82. The topological polar surface area (TPSA) is 58.3 Å². The Morgan fingerprint density at radius 1 is 1.00 bits per heavy atom. The van der Waals surface area contributed by atoms with Crippen LogP contribution in [0.4, 0.5) is 5.95 Å². The second kappa shape index (κ2) is 7.90. The molecule has 6 heteroatoms. The maximum Gasteiger partial charge on any atom is 0.265 e. The minimum atomic E-state index is 0.121. The quantitative estimate of drug-likeness (QED) is 0.659. The molecule has 0 fully saturated rings. The minimum absolute atomic E-state index is 0.121. The van der Waals surface area contributed by atoms with E-state index in [1.807, 2.05) is 49.5 Å². The van der Waals surface area contributed by atoms with E-state index >= 15 is 0 Å². The number of aromatic nitrogens is 3. The van der Waals surface area contributed by atoms with Crippen molar-refractivity contribution in [2.75, 3.05) is 19.0 Å². The lowest BCUT2D eigenvalue weighted by Crippen LogP contribution is -2.27. The number of pyridine rings is 1. The first-order valence-corrected chi connectivity index (χ1v) is 8.32. The van der Waals surface area contributed by atoms with E-state index in [4.69, 9.17) is 4.52 Å². The van der Waals surface area contributed by atoms with Gasteiger partial charge in [0.15, 0.2) is 0 Å². The van der Waals surface area contributed by atoms with Gasteiger partial charge in [0.25, 0.3) is 5.95 Å². The van der Waals surface area contributed by atoms with Crippen molar-refractivity contribution >= 4 is 5.95 Å². The fourth-order valence-corrected chi connectivity index (χ4v) is 2.62. The molecule has 0 aliphatic heterocycles. The number of anilines is 1. The molecule has 0 amide bonds. The van der Waals surface area contributed by atoms with E-state index in [0.717, 1.165) is 12.2 Å². The third-order valence-electron chi connectivity index (χ3n) is 4.09. The SMILES string of the molecule is CC(c1ccccn1)N(Cc1ccccc1)Cc1nc(N(C)C)no1. The largest absolute Gasteiger partial charge is 0.344 e. The summed E-state index contributed by atoms with van der Waals surface area (Å²) in [5, 5.41) is 4.01. The summed E-state index contributed by atoms with van der Waals surface area (Å²) >= 11 is 0. The fourth-order valence-electron chi connectivity index (χ4n) is 2.62. The molecule has 2 heterocycles. The third kappa shape index (κ3) is 4.42. The summed E-state index contributed by atoms with van der Waals surface area (Å²) in [6, 6.07) is 16.5. The Hall–Kier alpha value is -2.73. The normalized spacial score (nSPS) is 12.3. The molecular formula is C19H23N5O. The summed E-state index contributed by atoms with van der Waals surface area (Å²) in [7, 11) is 3.79. The maximum atomic E-state index is 5.42. The van der Waals surface area contributed by atoms with Crippen LogP contribution < -0.4 is 4.90 Å². The van der Waals surface area contributed by atoms with Gasteiger partial charge in [-0.25, -0.2) is 0 Å². The number of hydrogen-bond acceptors (Lipinski definition) is 6. The highest BCUT2D eigenvalue weighted by molar-refractivity contribution is 5.23. The van der Waals surface area contributed by atoms with E-state index in [2.05, 4.69) is 51.2 Å². The average molecular weight is 337 g/mol. The van der Waals surface area contributed by atoms with Crippen LogP contribution in [0.2, 0.25) is 0 Å². The van der Waals surface area contributed by atoms with Crippen molar-refractivity contribution in [3.8, 4) is 0 Å². The molecule has 1 unspecified atom stereocenters. The molecular weight excluding hydrogens is 314 g/mol. The van der Waals surface area contributed by atoms with Gasteiger partial charge in [0, 0.05) is 26.8 Å². The fraction of sp³-hybridized carbons (Fsp3) is 0.316. The predicted molar refractivity (Wildman–Crippen MR) is 97.0 cm³/mol. The number of hydrogen-bond donors (Lipinski definition) is 0. The average Bonchev–Trinajstić information content (AvgIpc) is 3.11. The van der Waals surface area contributed by atoms with E-state index in [-0.39, 0.29) is 6.04 Å². The molecule has 0 saturated carbocycles. The Morgan fingerprint density at radius 3 is 2.40 bits per heavy atom. The van der Waals surface area contributed by atoms with Crippen molar-refractivity contribution in [3.05, 3.63) is 71.9 Å². The van der Waals surface area contributed by atoms with Crippen LogP contribution >= 0.6 is 0 Å². The van der Waals surface area contributed by atoms with E-state index in [0.29, 0.717) is 18.4 Å². The summed E-state index contributed by atoms with van der Waals surface area (Å²) in [6.07, 6.45) is 1.82. The second-order valence-electron chi connectivity index (χ2n) is 6.20. The Morgan fingerprint density at radius 2 is 1.76 bits per heavy atom. The number of benzene rings is 1. The third-order valence-corrected chi connectivity index (χ3v) is 4.09. The van der Waals surface area contributed by atoms with Gasteiger partial charge in [-0.05, 0) is 29.8 Å². The van der Waals surface area contributed by atoms with Gasteiger partial charge in [0.05, 0.1) is 18.3 Å². The van der Waals surface area contributed by atoms with Crippen molar-refractivity contribution in [1.29, 1.82) is 0 Å². The highest BCUT2D eigenvalue weighted by atomic mass is 16.5. The van der Waals surface area contributed by atoms with Gasteiger partial charge >= 0.3 is 0 Å². The van der Waals surface area contributed by atoms with Crippen LogP contribution in [0.1, 0.15) is 30.1 Å². The standard InChI is InChI=1S/C19H23N5O/c1-15(17-11-7-8-12-20-17)24(13-16-9-5-4-6-10-16)14-18-21-19(22-25-18)23(2)3/h4-12,15H,13-14H2,1-3H3. The molecule has 0 saturated heterocycles. The Labute approximate surface area is 148 Å². The molecule has 0 bridgehead atoms. The van der Waals surface area contributed by atoms with Crippen molar-refractivity contribution in [2.24, 2.45) is 0 Å². The van der Waals surface area contributed by atoms with Crippen LogP contribution in [-0.2, 0) is 13.1 Å². The number of nitrogens with zero attached hydrogens (tertiary/aromatic N) is 5. The molecule has 130 valence electrons. The van der Waals surface area contributed by atoms with Crippen molar-refractivity contribution in [1.82, 2.24) is 20.0 Å². The van der Waals surface area contributed by atoms with Crippen LogP contribution in [-0.4, -0.2) is 34.1 Å². The summed E-state index contributed by atoms with van der Waals surface area (Å²) in [6.45, 7) is 3.49. The molecule has 0 aliphatic rings. The molecule has 1 aromatic carbocycles. The molecule has 3 aromatic rings. The Kier molecular flexibility index (Phi) is 5.40. The van der Waals surface area contributed by atoms with Crippen molar-refractivity contribution in [3.63, 3.8) is 0 Å². The molecule has 25 heavy (non-hydrogen) atoms. The molecule has 6 nitrogen and oxygen atoms in total. The van der Waals surface area contributed by atoms with Gasteiger partial charge in [-0.15, -0.1) is 0 Å². The van der Waals surface area contributed by atoms with Gasteiger partial charge < -0.3 is 9.42 Å². The van der Waals surface area contributed by atoms with Crippen LogP contribution in [0.15, 0.2) is 59.3 Å². The highest BCUT2D eigenvalue weighted by Crippen LogP contribution is 2.23. The summed E-state index contributed by atoms with van der Waals surface area (Å²) in [4.78, 5) is 13.1. The van der Waals surface area contributed by atoms with Gasteiger partial charge in [0.1, 0.15) is 0 Å². The number of rotatable bonds is 7. The summed E-state index contributed by atoms with van der Waals surface area (Å²) in [5.74, 6) is 1.18. The molecule has 0 N–H and O–H groups in total. The van der Waals surface area contributed by atoms with E-state index in [9.17, 15) is 0 Å². The lowest BCUT2D eigenvalue weighted by Gasteiger charge is -2.27. The van der Waals surface area contributed by atoms with Crippen molar-refractivity contribution in [2.45, 2.75) is 26.1 Å². The first-order valence-electron chi connectivity index (χ1n) is 8.32. The lowest BCUT2D eigenvalue weighted by atomic mass is 10.1. The molecule has 0 aliphatic carbocycles. The smallest absolute Gasteiger partial charge is 0.265 e. The summed E-state index contributed by atoms with van der Waals surface area (Å²) < 4.78 is 5.42. The minimum Gasteiger partial charge on any atom is -0.344 e.